The summed E-state index contributed by atoms with van der Waals surface area (Å²) in [7, 11) is 0. The third-order valence-electron chi connectivity index (χ3n) is 4.25. The molecule has 2 amide bonds. The van der Waals surface area contributed by atoms with Gasteiger partial charge in [-0.05, 0) is 46.3 Å². The fourth-order valence-corrected chi connectivity index (χ4v) is 3.56. The molecule has 3 heterocycles. The van der Waals surface area contributed by atoms with E-state index in [9.17, 15) is 14.4 Å². The number of amides is 2. The molecule has 1 aliphatic rings. The average Bonchev–Trinajstić information content (AvgIpc) is 3.20. The van der Waals surface area contributed by atoms with Gasteiger partial charge in [-0.25, -0.2) is 0 Å². The molecule has 27 heavy (non-hydrogen) atoms. The number of hydrogen-bond acceptors (Lipinski definition) is 6. The maximum Gasteiger partial charge on any atom is 0.262 e. The Morgan fingerprint density at radius 3 is 2.52 bits per heavy atom. The minimum atomic E-state index is -0.639. The van der Waals surface area contributed by atoms with Gasteiger partial charge in [0.05, 0.1) is 16.8 Å². The molecule has 0 fully saturated rings. The number of nitrogens with one attached hydrogen (secondary N) is 1. The second kappa shape index (κ2) is 6.22. The second-order valence-electron chi connectivity index (χ2n) is 5.86. The number of nitrogen functional groups attached to an aromatic ring is 1. The molecule has 0 unspecified atom stereocenters. The van der Waals surface area contributed by atoms with Gasteiger partial charge in [0.15, 0.2) is 0 Å². The highest BCUT2D eigenvalue weighted by Crippen LogP contribution is 2.32. The molecule has 4 rings (SSSR count). The zero-order valence-corrected chi connectivity index (χ0v) is 15.2. The summed E-state index contributed by atoms with van der Waals surface area (Å²) in [5, 5.41) is 11.3. The fourth-order valence-electron chi connectivity index (χ4n) is 3.00. The minimum Gasteiger partial charge on any atom is -0.459 e. The maximum absolute atomic E-state index is 12.5. The SMILES string of the molecule is Nc1c2c(cc(=O)n1-c1ccc(-c3ccc(CO)o3)c(Br)c1)C(=O)NC2=O. The third-order valence-corrected chi connectivity index (χ3v) is 4.90. The Balaban J connectivity index is 1.85. The summed E-state index contributed by atoms with van der Waals surface area (Å²) in [6, 6.07) is 9.47. The van der Waals surface area contributed by atoms with Crippen LogP contribution in [0.25, 0.3) is 17.0 Å². The Labute approximate surface area is 160 Å². The number of carbonyl (C=O) groups excluding carboxylic acids is 2. The zero-order valence-electron chi connectivity index (χ0n) is 13.7. The second-order valence-corrected chi connectivity index (χ2v) is 6.72. The van der Waals surface area contributed by atoms with Crippen LogP contribution < -0.4 is 16.6 Å². The van der Waals surface area contributed by atoms with Gasteiger partial charge in [0.2, 0.25) is 0 Å². The third kappa shape index (κ3) is 2.68. The van der Waals surface area contributed by atoms with Crippen molar-refractivity contribution in [2.45, 2.75) is 6.61 Å². The van der Waals surface area contributed by atoms with E-state index in [0.29, 0.717) is 27.2 Å². The molecule has 1 aromatic carbocycles. The van der Waals surface area contributed by atoms with E-state index in [2.05, 4.69) is 21.2 Å². The van der Waals surface area contributed by atoms with Crippen LogP contribution in [0.2, 0.25) is 0 Å². The predicted molar refractivity (Wildman–Crippen MR) is 99.6 cm³/mol. The highest BCUT2D eigenvalue weighted by atomic mass is 79.9. The van der Waals surface area contributed by atoms with E-state index >= 15 is 0 Å². The Hall–Kier alpha value is -3.17. The molecular weight excluding hydrogens is 418 g/mol. The molecule has 136 valence electrons. The number of benzene rings is 1. The van der Waals surface area contributed by atoms with Crippen molar-refractivity contribution < 1.29 is 19.1 Å². The van der Waals surface area contributed by atoms with Crippen LogP contribution in [0.5, 0.6) is 0 Å². The van der Waals surface area contributed by atoms with Crippen LogP contribution in [-0.2, 0) is 6.61 Å². The number of pyridine rings is 1. The number of aliphatic hydroxyl groups is 1. The molecule has 3 aromatic rings. The van der Waals surface area contributed by atoms with E-state index in [4.69, 9.17) is 15.3 Å². The summed E-state index contributed by atoms with van der Waals surface area (Å²) in [5.41, 5.74) is 6.58. The van der Waals surface area contributed by atoms with Gasteiger partial charge < -0.3 is 15.3 Å². The number of carbonyl (C=O) groups is 2. The lowest BCUT2D eigenvalue weighted by molar-refractivity contribution is 0.0880. The highest BCUT2D eigenvalue weighted by molar-refractivity contribution is 9.10. The Bertz CT molecular complexity index is 1180. The number of hydrogen-bond donors (Lipinski definition) is 3. The first-order chi connectivity index (χ1) is 12.9. The van der Waals surface area contributed by atoms with Crippen molar-refractivity contribution in [2.75, 3.05) is 5.73 Å². The highest BCUT2D eigenvalue weighted by Gasteiger charge is 2.31. The summed E-state index contributed by atoms with van der Waals surface area (Å²) in [5.74, 6) is -0.419. The van der Waals surface area contributed by atoms with Crippen LogP contribution in [0.3, 0.4) is 0 Å². The average molecular weight is 430 g/mol. The number of nitrogens with two attached hydrogens (primary N) is 1. The molecule has 1 aliphatic heterocycles. The number of furan rings is 1. The van der Waals surface area contributed by atoms with E-state index in [-0.39, 0.29) is 23.6 Å². The van der Waals surface area contributed by atoms with Gasteiger partial charge in [-0.15, -0.1) is 0 Å². The van der Waals surface area contributed by atoms with E-state index < -0.39 is 17.4 Å². The quantitative estimate of drug-likeness (QED) is 0.544. The first kappa shape index (κ1) is 17.3. The summed E-state index contributed by atoms with van der Waals surface area (Å²) < 4.78 is 7.29. The summed E-state index contributed by atoms with van der Waals surface area (Å²) in [6.45, 7) is -0.211. The lowest BCUT2D eigenvalue weighted by atomic mass is 10.1. The monoisotopic (exact) mass is 429 g/mol. The number of imide groups is 1. The number of halogens is 1. The lowest BCUT2D eigenvalue weighted by Crippen LogP contribution is -2.24. The molecule has 0 radical (unpaired) electrons. The molecular formula is C18H12BrN3O5. The molecule has 8 nitrogen and oxygen atoms in total. The molecule has 2 aromatic heterocycles. The Morgan fingerprint density at radius 2 is 1.85 bits per heavy atom. The Morgan fingerprint density at radius 1 is 1.07 bits per heavy atom. The number of fused-ring (bicyclic) bond motifs is 1. The van der Waals surface area contributed by atoms with Gasteiger partial charge in [-0.1, -0.05) is 0 Å². The van der Waals surface area contributed by atoms with Crippen LogP contribution in [-0.4, -0.2) is 21.5 Å². The van der Waals surface area contributed by atoms with Crippen LogP contribution in [0.15, 0.2) is 50.1 Å². The summed E-state index contributed by atoms with van der Waals surface area (Å²) in [4.78, 5) is 36.2. The molecule has 0 bridgehead atoms. The van der Waals surface area contributed by atoms with Crippen LogP contribution in [0.4, 0.5) is 5.82 Å². The minimum absolute atomic E-state index is 0.0154. The van der Waals surface area contributed by atoms with Crippen molar-refractivity contribution in [2.24, 2.45) is 0 Å². The summed E-state index contributed by atoms with van der Waals surface area (Å²) >= 11 is 3.43. The van der Waals surface area contributed by atoms with E-state index in [0.717, 1.165) is 10.6 Å². The van der Waals surface area contributed by atoms with Crippen LogP contribution in [0, 0.1) is 0 Å². The first-order valence-electron chi connectivity index (χ1n) is 7.81. The van der Waals surface area contributed by atoms with Crippen molar-refractivity contribution in [3.8, 4) is 17.0 Å². The van der Waals surface area contributed by atoms with Crippen molar-refractivity contribution in [1.82, 2.24) is 9.88 Å². The number of nitrogens with zero attached hydrogens (tertiary/aromatic N) is 1. The van der Waals surface area contributed by atoms with E-state index in [1.807, 2.05) is 0 Å². The van der Waals surface area contributed by atoms with Gasteiger partial charge in [0.25, 0.3) is 17.4 Å². The molecule has 0 aliphatic carbocycles. The molecule has 0 saturated heterocycles. The summed E-state index contributed by atoms with van der Waals surface area (Å²) in [6.07, 6.45) is 0. The number of anilines is 1. The van der Waals surface area contributed by atoms with Crippen molar-refractivity contribution in [1.29, 1.82) is 0 Å². The maximum atomic E-state index is 12.5. The molecule has 0 saturated carbocycles. The van der Waals surface area contributed by atoms with Gasteiger partial charge in [-0.2, -0.15) is 0 Å². The fraction of sp³-hybridized carbons (Fsp3) is 0.0556. The van der Waals surface area contributed by atoms with E-state index in [1.165, 1.54) is 0 Å². The molecule has 0 atom stereocenters. The molecule has 0 spiro atoms. The number of rotatable bonds is 3. The lowest BCUT2D eigenvalue weighted by Gasteiger charge is -2.13. The van der Waals surface area contributed by atoms with Crippen molar-refractivity contribution in [3.05, 3.63) is 68.1 Å². The van der Waals surface area contributed by atoms with Gasteiger partial charge in [-0.3, -0.25) is 24.3 Å². The van der Waals surface area contributed by atoms with Gasteiger partial charge in [0, 0.05) is 16.1 Å². The topological polar surface area (TPSA) is 128 Å². The van der Waals surface area contributed by atoms with Gasteiger partial charge in [0.1, 0.15) is 23.9 Å². The number of aromatic nitrogens is 1. The van der Waals surface area contributed by atoms with Crippen molar-refractivity contribution in [3.63, 3.8) is 0 Å². The molecule has 4 N–H and O–H groups in total. The standard InChI is InChI=1S/C18H12BrN3O5/c19-12-5-8(1-3-10(12)13-4-2-9(7-23)27-13)22-14(24)6-11-15(16(22)20)18(26)21-17(11)25/h1-6,23H,7,20H2,(H,21,25,26). The predicted octanol–water partition coefficient (Wildman–Crippen LogP) is 1.82. The van der Waals surface area contributed by atoms with Crippen molar-refractivity contribution >= 4 is 33.6 Å². The van der Waals surface area contributed by atoms with Gasteiger partial charge >= 0.3 is 0 Å². The van der Waals surface area contributed by atoms with Crippen LogP contribution >= 0.6 is 15.9 Å². The Kier molecular flexibility index (Phi) is 3.97. The van der Waals surface area contributed by atoms with E-state index in [1.54, 1.807) is 30.3 Å². The zero-order chi connectivity index (χ0) is 19.3. The van der Waals surface area contributed by atoms with Crippen LogP contribution in [0.1, 0.15) is 26.5 Å². The molecule has 9 heteroatoms. The normalized spacial score (nSPS) is 13.0. The largest absolute Gasteiger partial charge is 0.459 e. The first-order valence-corrected chi connectivity index (χ1v) is 8.61. The number of aliphatic hydroxyl groups excluding tert-OH is 1. The smallest absolute Gasteiger partial charge is 0.262 e.